The van der Waals surface area contributed by atoms with E-state index in [1.807, 2.05) is 0 Å². The molecule has 0 saturated carbocycles. The van der Waals surface area contributed by atoms with Gasteiger partial charge < -0.3 is 5.11 Å². The van der Waals surface area contributed by atoms with E-state index in [9.17, 15) is 4.39 Å². The van der Waals surface area contributed by atoms with Gasteiger partial charge in [0.15, 0.2) is 0 Å². The zero-order valence-electron chi connectivity index (χ0n) is 6.05. The van der Waals surface area contributed by atoms with Gasteiger partial charge in [-0.3, -0.25) is 5.14 Å². The highest BCUT2D eigenvalue weighted by atomic mass is 79.9. The average molecular weight is 252 g/mol. The molecule has 0 radical (unpaired) electrons. The molecule has 0 aromatic heterocycles. The smallest absolute Gasteiger partial charge is 0.124 e. The highest BCUT2D eigenvalue weighted by molar-refractivity contribution is 9.10. The van der Waals surface area contributed by atoms with Crippen LogP contribution in [0.5, 0.6) is 0 Å². The Morgan fingerprint density at radius 1 is 1.58 bits per heavy atom. The largest absolute Gasteiger partial charge is 0.392 e. The number of benzene rings is 1. The van der Waals surface area contributed by atoms with Gasteiger partial charge in [0.25, 0.3) is 0 Å². The summed E-state index contributed by atoms with van der Waals surface area (Å²) in [5.41, 5.74) is 0.503. The first kappa shape index (κ1) is 9.98. The normalized spacial score (nSPS) is 10.3. The maximum Gasteiger partial charge on any atom is 0.124 e. The molecule has 1 aromatic rings. The summed E-state index contributed by atoms with van der Waals surface area (Å²) in [5.74, 6) is -0.393. The van der Waals surface area contributed by atoms with E-state index in [0.29, 0.717) is 14.9 Å². The van der Waals surface area contributed by atoms with Gasteiger partial charge in [-0.25, -0.2) is 4.39 Å². The lowest BCUT2D eigenvalue weighted by Crippen LogP contribution is -1.91. The zero-order valence-corrected chi connectivity index (χ0v) is 8.45. The Morgan fingerprint density at radius 3 is 2.75 bits per heavy atom. The van der Waals surface area contributed by atoms with E-state index in [1.54, 1.807) is 0 Å². The van der Waals surface area contributed by atoms with E-state index in [4.69, 9.17) is 10.2 Å². The molecule has 5 heteroatoms. The summed E-state index contributed by atoms with van der Waals surface area (Å²) < 4.78 is 13.4. The SMILES string of the molecule is NSc1cc(F)cc(CO)c1Br. The van der Waals surface area contributed by atoms with Crippen molar-refractivity contribution in [3.8, 4) is 0 Å². The maximum atomic E-state index is 12.8. The van der Waals surface area contributed by atoms with Gasteiger partial charge in [0, 0.05) is 9.37 Å². The molecule has 3 N–H and O–H groups in total. The molecule has 0 spiro atoms. The quantitative estimate of drug-likeness (QED) is 0.792. The van der Waals surface area contributed by atoms with Gasteiger partial charge >= 0.3 is 0 Å². The summed E-state index contributed by atoms with van der Waals surface area (Å²) in [6.45, 7) is -0.202. The van der Waals surface area contributed by atoms with Crippen LogP contribution in [-0.2, 0) is 6.61 Å². The second kappa shape index (κ2) is 4.23. The number of aliphatic hydroxyl groups is 1. The Morgan fingerprint density at radius 2 is 2.25 bits per heavy atom. The van der Waals surface area contributed by atoms with E-state index in [0.717, 1.165) is 11.9 Å². The minimum absolute atomic E-state index is 0.202. The number of aliphatic hydroxyl groups excluding tert-OH is 1. The van der Waals surface area contributed by atoms with Crippen molar-refractivity contribution < 1.29 is 9.50 Å². The first-order valence-electron chi connectivity index (χ1n) is 3.14. The van der Waals surface area contributed by atoms with Crippen LogP contribution in [0.1, 0.15) is 5.56 Å². The van der Waals surface area contributed by atoms with Crippen molar-refractivity contribution in [3.63, 3.8) is 0 Å². The Labute approximate surface area is 82.2 Å². The van der Waals surface area contributed by atoms with Crippen molar-refractivity contribution in [3.05, 3.63) is 28.0 Å². The molecule has 12 heavy (non-hydrogen) atoms. The Hall–Kier alpha value is -0.100. The van der Waals surface area contributed by atoms with Crippen molar-refractivity contribution in [2.24, 2.45) is 5.14 Å². The van der Waals surface area contributed by atoms with Crippen LogP contribution in [0.25, 0.3) is 0 Å². The summed E-state index contributed by atoms with van der Waals surface area (Å²) in [6.07, 6.45) is 0. The van der Waals surface area contributed by atoms with Crippen LogP contribution >= 0.6 is 27.9 Å². The van der Waals surface area contributed by atoms with E-state index in [-0.39, 0.29) is 6.61 Å². The molecule has 0 aliphatic carbocycles. The molecule has 1 aromatic carbocycles. The van der Waals surface area contributed by atoms with Gasteiger partial charge in [-0.15, -0.1) is 0 Å². The van der Waals surface area contributed by atoms with Gasteiger partial charge in [0.05, 0.1) is 6.61 Å². The van der Waals surface area contributed by atoms with Gasteiger partial charge in [-0.05, 0) is 45.6 Å². The maximum absolute atomic E-state index is 12.8. The molecule has 0 aliphatic heterocycles. The summed E-state index contributed by atoms with van der Waals surface area (Å²) in [6, 6.07) is 2.58. The van der Waals surface area contributed by atoms with Crippen molar-refractivity contribution in [2.75, 3.05) is 0 Å². The number of rotatable bonds is 2. The molecule has 0 amide bonds. The molecule has 0 unspecified atom stereocenters. The van der Waals surface area contributed by atoms with Gasteiger partial charge in [-0.2, -0.15) is 0 Å². The number of hydrogen-bond acceptors (Lipinski definition) is 3. The molecule has 0 aliphatic rings. The molecule has 2 nitrogen and oxygen atoms in total. The molecule has 0 atom stereocenters. The highest BCUT2D eigenvalue weighted by Gasteiger charge is 2.07. The Balaban J connectivity index is 3.22. The van der Waals surface area contributed by atoms with E-state index < -0.39 is 5.82 Å². The fourth-order valence-corrected chi connectivity index (χ4v) is 1.87. The fourth-order valence-electron chi connectivity index (χ4n) is 0.819. The lowest BCUT2D eigenvalue weighted by Gasteiger charge is -2.05. The highest BCUT2D eigenvalue weighted by Crippen LogP contribution is 2.28. The van der Waals surface area contributed by atoms with Gasteiger partial charge in [0.1, 0.15) is 5.82 Å². The van der Waals surface area contributed by atoms with Crippen LogP contribution in [-0.4, -0.2) is 5.11 Å². The summed E-state index contributed by atoms with van der Waals surface area (Å²) in [7, 11) is 0. The molecule has 0 heterocycles. The second-order valence-corrected chi connectivity index (χ2v) is 3.62. The standard InChI is InChI=1S/C7H7BrFNOS/c8-7-4(3-11)1-5(9)2-6(7)12-10/h1-2,11H,3,10H2. The minimum atomic E-state index is -0.393. The monoisotopic (exact) mass is 251 g/mol. The molecule has 0 bridgehead atoms. The summed E-state index contributed by atoms with van der Waals surface area (Å²) >= 11 is 4.15. The number of hydrogen-bond donors (Lipinski definition) is 2. The lowest BCUT2D eigenvalue weighted by molar-refractivity contribution is 0.280. The first-order valence-corrected chi connectivity index (χ1v) is 4.81. The first-order chi connectivity index (χ1) is 5.69. The lowest BCUT2D eigenvalue weighted by atomic mass is 10.2. The molecule has 66 valence electrons. The third kappa shape index (κ3) is 1.98. The summed E-state index contributed by atoms with van der Waals surface area (Å²) in [5, 5.41) is 14.1. The Kier molecular flexibility index (Phi) is 3.52. The van der Waals surface area contributed by atoms with Crippen LogP contribution < -0.4 is 5.14 Å². The van der Waals surface area contributed by atoms with E-state index in [1.165, 1.54) is 12.1 Å². The van der Waals surface area contributed by atoms with Crippen molar-refractivity contribution in [1.29, 1.82) is 0 Å². The average Bonchev–Trinajstić information content (AvgIpc) is 2.08. The predicted octanol–water partition coefficient (Wildman–Crippen LogP) is 2.05. The molecular weight excluding hydrogens is 245 g/mol. The third-order valence-electron chi connectivity index (χ3n) is 1.38. The van der Waals surface area contributed by atoms with Crippen molar-refractivity contribution in [1.82, 2.24) is 0 Å². The van der Waals surface area contributed by atoms with Crippen molar-refractivity contribution in [2.45, 2.75) is 11.5 Å². The van der Waals surface area contributed by atoms with Gasteiger partial charge in [0.2, 0.25) is 0 Å². The van der Waals surface area contributed by atoms with E-state index in [2.05, 4.69) is 15.9 Å². The van der Waals surface area contributed by atoms with Crippen LogP contribution in [0, 0.1) is 5.82 Å². The molecule has 1 rings (SSSR count). The van der Waals surface area contributed by atoms with Crippen LogP contribution in [0.15, 0.2) is 21.5 Å². The second-order valence-electron chi connectivity index (χ2n) is 2.15. The zero-order chi connectivity index (χ0) is 9.14. The number of nitrogens with two attached hydrogens (primary N) is 1. The fraction of sp³-hybridized carbons (Fsp3) is 0.143. The van der Waals surface area contributed by atoms with Crippen LogP contribution in [0.4, 0.5) is 4.39 Å². The van der Waals surface area contributed by atoms with E-state index >= 15 is 0 Å². The topological polar surface area (TPSA) is 46.2 Å². The van der Waals surface area contributed by atoms with Crippen LogP contribution in [0.3, 0.4) is 0 Å². The summed E-state index contributed by atoms with van der Waals surface area (Å²) in [4.78, 5) is 0.582. The molecule has 0 saturated heterocycles. The minimum Gasteiger partial charge on any atom is -0.392 e. The van der Waals surface area contributed by atoms with Crippen LogP contribution in [0.2, 0.25) is 0 Å². The Bertz CT molecular complexity index is 270. The van der Waals surface area contributed by atoms with Gasteiger partial charge in [-0.1, -0.05) is 0 Å². The molecular formula is C7H7BrFNOS. The predicted molar refractivity (Wildman–Crippen MR) is 50.1 cm³/mol. The third-order valence-corrected chi connectivity index (χ3v) is 3.15. The number of halogens is 2. The van der Waals surface area contributed by atoms with Crippen molar-refractivity contribution >= 4 is 27.9 Å². The molecule has 0 fully saturated rings.